The number of hydrogen-bond acceptors (Lipinski definition) is 13. The molecular formula is C24H18ClN5Na2O9S2. The first-order valence-electron chi connectivity index (χ1n) is 11.1. The van der Waals surface area contributed by atoms with Crippen LogP contribution in [0.3, 0.4) is 0 Å². The molecule has 4 rings (SSSR count). The van der Waals surface area contributed by atoms with Gasteiger partial charge in [-0.25, -0.2) is 8.42 Å². The molecule has 0 fully saturated rings. The Morgan fingerprint density at radius 3 is 1.81 bits per heavy atom. The van der Waals surface area contributed by atoms with Crippen molar-refractivity contribution in [1.29, 1.82) is 0 Å². The molecular weight excluding hydrogens is 648 g/mol. The summed E-state index contributed by atoms with van der Waals surface area (Å²) in [7, 11) is -7.33. The molecule has 0 saturated carbocycles. The molecule has 43 heavy (non-hydrogen) atoms. The molecule has 0 aliphatic carbocycles. The summed E-state index contributed by atoms with van der Waals surface area (Å²) in [5.74, 6) is -0.680. The zero-order chi connectivity index (χ0) is 30.1. The molecule has 0 radical (unpaired) electrons. The summed E-state index contributed by atoms with van der Waals surface area (Å²) in [5.41, 5.74) is 6.59. The van der Waals surface area contributed by atoms with Crippen LogP contribution in [0, 0.1) is 0 Å². The van der Waals surface area contributed by atoms with Gasteiger partial charge in [-0.15, -0.1) is 15.3 Å². The Hall–Kier alpha value is -2.35. The summed E-state index contributed by atoms with van der Waals surface area (Å²) in [4.78, 5) is -1.90. The van der Waals surface area contributed by atoms with Gasteiger partial charge in [0.2, 0.25) is 0 Å². The first-order valence-corrected chi connectivity index (χ1v) is 14.3. The zero-order valence-electron chi connectivity index (χ0n) is 23.0. The van der Waals surface area contributed by atoms with Crippen molar-refractivity contribution < 1.29 is 99.6 Å². The third-order valence-corrected chi connectivity index (χ3v) is 7.64. The van der Waals surface area contributed by atoms with Crippen LogP contribution in [0.4, 0.5) is 22.7 Å². The molecule has 0 spiro atoms. The molecule has 3 N–H and O–H groups in total. The number of benzene rings is 4. The quantitative estimate of drug-likeness (QED) is 0.101. The van der Waals surface area contributed by atoms with Crippen molar-refractivity contribution >= 4 is 65.5 Å². The van der Waals surface area contributed by atoms with Crippen LogP contribution >= 0.6 is 11.8 Å². The number of ether oxygens (including phenoxy) is 2. The van der Waals surface area contributed by atoms with Gasteiger partial charge in [0.25, 0.3) is 10.1 Å². The summed E-state index contributed by atoms with van der Waals surface area (Å²) >= 11 is 5.32. The summed E-state index contributed by atoms with van der Waals surface area (Å²) in [6.07, 6.45) is 0. The van der Waals surface area contributed by atoms with Crippen LogP contribution in [-0.4, -0.2) is 40.2 Å². The van der Waals surface area contributed by atoms with Crippen LogP contribution in [0.5, 0.6) is 17.2 Å². The van der Waals surface area contributed by atoms with E-state index in [0.29, 0.717) is 22.6 Å². The van der Waals surface area contributed by atoms with E-state index in [1.807, 2.05) is 0 Å². The summed E-state index contributed by atoms with van der Waals surface area (Å²) in [6, 6.07) is 12.4. The topological polar surface area (TPSA) is 229 Å². The van der Waals surface area contributed by atoms with Gasteiger partial charge < -0.3 is 24.9 Å². The SMILES string of the molecule is COc1cc(-c2ccc(N=Nc3c(S(=O)(=O)O)cc4ccc(S(=O)(=O)[O-])c([O-])c4c3N)c(OC)c2)ccc1N=NCl.[Na+].[Na+]. The average Bonchev–Trinajstić information content (AvgIpc) is 2.91. The van der Waals surface area contributed by atoms with Gasteiger partial charge in [0.1, 0.15) is 43.6 Å². The fraction of sp³-hybridized carbons (Fsp3) is 0.0833. The molecule has 0 aliphatic rings. The van der Waals surface area contributed by atoms with Gasteiger partial charge >= 0.3 is 59.1 Å². The molecule has 214 valence electrons. The van der Waals surface area contributed by atoms with E-state index in [2.05, 4.69) is 20.0 Å². The molecule has 0 bridgehead atoms. The summed E-state index contributed by atoms with van der Waals surface area (Å²) in [5, 5.41) is 23.7. The standard InChI is InChI=1S/C24H20ClN5O9S2.2Na/c1-38-17-9-12(13-4-7-16(28-30-25)18(10-13)39-2)3-6-15(17)27-29-23-20(41(35,36)37)11-14-5-8-19(40(32,33)34)24(31)21(14)22(23)26;;/h3-11,31H,26H2,1-2H3,(H,32,33,34)(H,35,36,37);;/q;2*+1/p-2. The van der Waals surface area contributed by atoms with E-state index in [1.54, 1.807) is 30.3 Å². The molecule has 0 heterocycles. The number of azo groups is 1. The van der Waals surface area contributed by atoms with E-state index in [1.165, 1.54) is 20.3 Å². The number of fused-ring (bicyclic) bond motifs is 1. The van der Waals surface area contributed by atoms with Crippen LogP contribution in [0.15, 0.2) is 84.4 Å². The Balaban J connectivity index is 0.00000323. The fourth-order valence-corrected chi connectivity index (χ4v) is 5.27. The van der Waals surface area contributed by atoms with E-state index in [9.17, 15) is 31.0 Å². The predicted octanol–water partition coefficient (Wildman–Crippen LogP) is -1.01. The molecule has 14 nitrogen and oxygen atoms in total. The number of methoxy groups -OCH3 is 2. The first-order chi connectivity index (χ1) is 19.3. The molecule has 0 aromatic heterocycles. The third kappa shape index (κ3) is 7.84. The molecule has 0 amide bonds. The second-order valence-corrected chi connectivity index (χ2v) is 11.1. The monoisotopic (exact) mass is 665 g/mol. The minimum Gasteiger partial charge on any atom is -0.871 e. The molecule has 0 aliphatic heterocycles. The molecule has 0 saturated heterocycles. The first kappa shape index (κ1) is 36.8. The van der Waals surface area contributed by atoms with Crippen LogP contribution < -0.4 is 79.4 Å². The van der Waals surface area contributed by atoms with E-state index in [0.717, 1.165) is 18.2 Å². The van der Waals surface area contributed by atoms with E-state index in [4.69, 9.17) is 27.0 Å². The van der Waals surface area contributed by atoms with Gasteiger partial charge in [0.15, 0.2) is 0 Å². The maximum Gasteiger partial charge on any atom is 1.00 e. The normalized spacial score (nSPS) is 11.8. The van der Waals surface area contributed by atoms with E-state index in [-0.39, 0.29) is 75.9 Å². The molecule has 4 aromatic carbocycles. The van der Waals surface area contributed by atoms with E-state index >= 15 is 0 Å². The molecule has 4 aromatic rings. The smallest absolute Gasteiger partial charge is 0.871 e. The second-order valence-electron chi connectivity index (χ2n) is 8.21. The van der Waals surface area contributed by atoms with Crippen LogP contribution in [-0.2, 0) is 20.2 Å². The van der Waals surface area contributed by atoms with Gasteiger partial charge in [0.05, 0.1) is 31.7 Å². The number of hydrogen-bond donors (Lipinski definition) is 2. The number of halogens is 1. The van der Waals surface area contributed by atoms with Gasteiger partial charge in [0, 0.05) is 10.3 Å². The average molecular weight is 666 g/mol. The van der Waals surface area contributed by atoms with Crippen molar-refractivity contribution in [3.63, 3.8) is 0 Å². The van der Waals surface area contributed by atoms with Gasteiger partial charge in [-0.05, 0) is 52.9 Å². The van der Waals surface area contributed by atoms with Crippen molar-refractivity contribution in [1.82, 2.24) is 0 Å². The molecule has 19 heteroatoms. The summed E-state index contributed by atoms with van der Waals surface area (Å²) in [6.45, 7) is 0. The third-order valence-electron chi connectivity index (χ3n) is 5.84. The van der Waals surface area contributed by atoms with Crippen LogP contribution in [0.2, 0.25) is 0 Å². The Bertz CT molecular complexity index is 1980. The van der Waals surface area contributed by atoms with Gasteiger partial charge in [-0.1, -0.05) is 28.6 Å². The number of nitrogens with zero attached hydrogens (tertiary/aromatic N) is 4. The number of nitrogen functional groups attached to an aromatic ring is 1. The zero-order valence-corrected chi connectivity index (χ0v) is 29.4. The van der Waals surface area contributed by atoms with E-state index < -0.39 is 52.5 Å². The van der Waals surface area contributed by atoms with Gasteiger partial charge in [-0.2, -0.15) is 8.42 Å². The minimum atomic E-state index is -5.17. The number of anilines is 1. The minimum absolute atomic E-state index is 0. The van der Waals surface area contributed by atoms with Gasteiger partial charge in [-0.3, -0.25) is 4.55 Å². The Labute approximate surface area is 295 Å². The Kier molecular flexibility index (Phi) is 12.5. The molecule has 0 unspecified atom stereocenters. The Morgan fingerprint density at radius 1 is 0.814 bits per heavy atom. The maximum atomic E-state index is 12.8. The van der Waals surface area contributed by atoms with Crippen molar-refractivity contribution in [2.75, 3.05) is 20.0 Å². The fourth-order valence-electron chi connectivity index (χ4n) is 3.96. The second kappa shape index (κ2) is 14.6. The van der Waals surface area contributed by atoms with Crippen molar-refractivity contribution in [3.05, 3.63) is 54.6 Å². The van der Waals surface area contributed by atoms with Crippen molar-refractivity contribution in [2.45, 2.75) is 9.79 Å². The summed E-state index contributed by atoms with van der Waals surface area (Å²) < 4.78 is 82.5. The number of rotatable bonds is 8. The predicted molar refractivity (Wildman–Crippen MR) is 145 cm³/mol. The van der Waals surface area contributed by atoms with Crippen LogP contribution in [0.1, 0.15) is 0 Å². The van der Waals surface area contributed by atoms with Crippen molar-refractivity contribution in [2.24, 2.45) is 20.0 Å². The molecule has 0 atom stereocenters. The maximum absolute atomic E-state index is 12.8. The number of nitrogens with two attached hydrogens (primary N) is 1. The van der Waals surface area contributed by atoms with Crippen molar-refractivity contribution in [3.8, 4) is 28.4 Å². The largest absolute Gasteiger partial charge is 1.00 e. The Morgan fingerprint density at radius 2 is 1.35 bits per heavy atom. The van der Waals surface area contributed by atoms with Crippen LogP contribution in [0.25, 0.3) is 21.9 Å².